The molecule has 2 aromatic heterocycles. The van der Waals surface area contributed by atoms with Gasteiger partial charge in [0.25, 0.3) is 0 Å². The van der Waals surface area contributed by atoms with E-state index in [-0.39, 0.29) is 5.41 Å². The van der Waals surface area contributed by atoms with Crippen molar-refractivity contribution in [2.75, 3.05) is 4.90 Å². The summed E-state index contributed by atoms with van der Waals surface area (Å²) in [6.07, 6.45) is 0. The molecule has 3 nitrogen and oxygen atoms in total. The lowest BCUT2D eigenvalue weighted by Crippen LogP contribution is -2.15. The van der Waals surface area contributed by atoms with Crippen molar-refractivity contribution in [1.29, 1.82) is 0 Å². The summed E-state index contributed by atoms with van der Waals surface area (Å²) in [5.74, 6) is 0. The summed E-state index contributed by atoms with van der Waals surface area (Å²) in [4.78, 5) is 2.40. The Morgan fingerprint density at radius 3 is 1.64 bits per heavy atom. The van der Waals surface area contributed by atoms with E-state index in [1.807, 2.05) is 6.07 Å². The quantitative estimate of drug-likeness (QED) is 0.165. The molecule has 3 heteroatoms. The molecule has 2 heterocycles. The van der Waals surface area contributed by atoms with Gasteiger partial charge in [0.1, 0.15) is 11.2 Å². The first kappa shape index (κ1) is 35.5. The van der Waals surface area contributed by atoms with Crippen molar-refractivity contribution in [3.05, 3.63) is 217 Å². The molecule has 0 aliphatic heterocycles. The maximum absolute atomic E-state index is 6.32. The van der Waals surface area contributed by atoms with Crippen LogP contribution in [0.4, 0.5) is 17.1 Å². The van der Waals surface area contributed by atoms with E-state index in [1.54, 1.807) is 0 Å². The molecule has 0 bridgehead atoms. The Labute approximate surface area is 369 Å². The average Bonchev–Trinajstić information content (AvgIpc) is 3.97. The van der Waals surface area contributed by atoms with Crippen LogP contribution >= 0.6 is 0 Å². The number of fused-ring (bicyclic) bond motifs is 19. The molecule has 0 amide bonds. The van der Waals surface area contributed by atoms with Crippen LogP contribution < -0.4 is 4.90 Å². The molecule has 300 valence electrons. The Morgan fingerprint density at radius 1 is 0.406 bits per heavy atom. The van der Waals surface area contributed by atoms with Crippen LogP contribution in [-0.4, -0.2) is 4.57 Å². The van der Waals surface area contributed by atoms with Gasteiger partial charge in [-0.1, -0.05) is 141 Å². The van der Waals surface area contributed by atoms with E-state index in [4.69, 9.17) is 4.42 Å². The maximum atomic E-state index is 6.32. The third kappa shape index (κ3) is 4.76. The van der Waals surface area contributed by atoms with E-state index in [0.29, 0.717) is 0 Å². The van der Waals surface area contributed by atoms with Gasteiger partial charge in [-0.25, -0.2) is 0 Å². The zero-order valence-corrected chi connectivity index (χ0v) is 35.4. The molecule has 11 aromatic carbocycles. The van der Waals surface area contributed by atoms with Gasteiger partial charge in [0.2, 0.25) is 0 Å². The summed E-state index contributed by atoms with van der Waals surface area (Å²) in [6.45, 7) is 4.91. The lowest BCUT2D eigenvalue weighted by atomic mass is 9.79. The molecule has 0 saturated heterocycles. The molecule has 0 atom stereocenters. The summed E-state index contributed by atoms with van der Waals surface area (Å²) in [7, 11) is 0. The lowest BCUT2D eigenvalue weighted by molar-refractivity contribution is 0.668. The number of anilines is 3. The second kappa shape index (κ2) is 12.9. The van der Waals surface area contributed by atoms with Crippen molar-refractivity contribution in [3.63, 3.8) is 0 Å². The van der Waals surface area contributed by atoms with Crippen LogP contribution in [0.25, 0.3) is 104 Å². The number of furan rings is 1. The van der Waals surface area contributed by atoms with Crippen molar-refractivity contribution >= 4 is 104 Å². The highest BCUT2D eigenvalue weighted by molar-refractivity contribution is 6.29. The van der Waals surface area contributed by atoms with Crippen molar-refractivity contribution in [2.24, 2.45) is 0 Å². The van der Waals surface area contributed by atoms with E-state index in [9.17, 15) is 0 Å². The fourth-order valence-electron chi connectivity index (χ4n) is 11.5. The molecular weight excluding hydrogens is 777 g/mol. The SMILES string of the molecule is CC1(C)c2cc3c4ccccc4c4ccccc4c3cc2-c2c1c1c3cc(N(c4ccccc4)c4ccc5oc6ccccc6c5c4)ccc3n(-c3ccccc3)c1c1ccccc21. The molecular formula is C61H40N2O. The molecule has 0 fully saturated rings. The summed E-state index contributed by atoms with van der Waals surface area (Å²) in [6, 6.07) is 75.8. The number of hydrogen-bond donors (Lipinski definition) is 0. The lowest BCUT2D eigenvalue weighted by Gasteiger charge is -2.26. The van der Waals surface area contributed by atoms with Crippen LogP contribution in [0.3, 0.4) is 0 Å². The second-order valence-electron chi connectivity index (χ2n) is 18.0. The highest BCUT2D eigenvalue weighted by Gasteiger charge is 2.41. The average molecular weight is 817 g/mol. The van der Waals surface area contributed by atoms with Crippen molar-refractivity contribution in [1.82, 2.24) is 4.57 Å². The topological polar surface area (TPSA) is 21.3 Å². The van der Waals surface area contributed by atoms with Crippen LogP contribution in [0.1, 0.15) is 25.0 Å². The third-order valence-electron chi connectivity index (χ3n) is 14.3. The molecule has 0 radical (unpaired) electrons. The number of benzene rings is 11. The monoisotopic (exact) mass is 816 g/mol. The van der Waals surface area contributed by atoms with Gasteiger partial charge >= 0.3 is 0 Å². The molecule has 64 heavy (non-hydrogen) atoms. The van der Waals surface area contributed by atoms with Gasteiger partial charge in [-0.15, -0.1) is 0 Å². The Morgan fingerprint density at radius 2 is 0.938 bits per heavy atom. The zero-order valence-electron chi connectivity index (χ0n) is 35.4. The second-order valence-corrected chi connectivity index (χ2v) is 18.0. The fraction of sp³-hybridized carbons (Fsp3) is 0.0492. The summed E-state index contributed by atoms with van der Waals surface area (Å²) in [5.41, 5.74) is 13.7. The Bertz CT molecular complexity index is 4100. The van der Waals surface area contributed by atoms with E-state index in [1.165, 1.54) is 87.1 Å². The van der Waals surface area contributed by atoms with Crippen LogP contribution in [-0.2, 0) is 5.41 Å². The smallest absolute Gasteiger partial charge is 0.135 e. The highest BCUT2D eigenvalue weighted by atomic mass is 16.3. The minimum absolute atomic E-state index is 0.327. The van der Waals surface area contributed by atoms with Gasteiger partial charge < -0.3 is 13.9 Å². The molecule has 1 aliphatic rings. The van der Waals surface area contributed by atoms with Crippen molar-refractivity contribution in [2.45, 2.75) is 19.3 Å². The summed E-state index contributed by atoms with van der Waals surface area (Å²) in [5, 5.41) is 15.1. The van der Waals surface area contributed by atoms with Gasteiger partial charge in [0.05, 0.1) is 11.0 Å². The Kier molecular flexibility index (Phi) is 7.17. The highest BCUT2D eigenvalue weighted by Crippen LogP contribution is 2.58. The molecule has 0 unspecified atom stereocenters. The van der Waals surface area contributed by atoms with Gasteiger partial charge in [-0.3, -0.25) is 0 Å². The molecule has 0 spiro atoms. The van der Waals surface area contributed by atoms with Gasteiger partial charge in [-0.05, 0) is 139 Å². The first-order valence-electron chi connectivity index (χ1n) is 22.3. The third-order valence-corrected chi connectivity index (χ3v) is 14.3. The predicted molar refractivity (Wildman–Crippen MR) is 270 cm³/mol. The molecule has 1 aliphatic carbocycles. The minimum Gasteiger partial charge on any atom is -0.456 e. The van der Waals surface area contributed by atoms with Crippen LogP contribution in [0.5, 0.6) is 0 Å². The number of para-hydroxylation sites is 3. The summed E-state index contributed by atoms with van der Waals surface area (Å²) < 4.78 is 8.84. The van der Waals surface area contributed by atoms with Crippen molar-refractivity contribution < 1.29 is 4.42 Å². The fourth-order valence-corrected chi connectivity index (χ4v) is 11.5. The Balaban J connectivity index is 1.12. The number of nitrogens with zero attached hydrogens (tertiary/aromatic N) is 2. The van der Waals surface area contributed by atoms with Crippen LogP contribution in [0.2, 0.25) is 0 Å². The first-order chi connectivity index (χ1) is 31.5. The standard InChI is InChI=1S/C61H40N2O/c1-61(2)53-36-49-44-24-12-10-22-42(44)41-21-9-11-23-43(41)48(49)35-51(53)57-46-26-13-14-27-47(46)60-58(59(57)61)52-34-39(29-31-54(52)63(60)38-19-7-4-8-20-38)62(37-17-5-3-6-18-37)40-30-32-56-50(33-40)45-25-15-16-28-55(45)64-56/h3-36H,1-2H3. The minimum atomic E-state index is -0.327. The molecule has 0 saturated carbocycles. The van der Waals surface area contributed by atoms with Crippen LogP contribution in [0, 0.1) is 0 Å². The molecule has 0 N–H and O–H groups in total. The van der Waals surface area contributed by atoms with E-state index in [0.717, 1.165) is 44.7 Å². The van der Waals surface area contributed by atoms with E-state index < -0.39 is 0 Å². The summed E-state index contributed by atoms with van der Waals surface area (Å²) >= 11 is 0. The van der Waals surface area contributed by atoms with Gasteiger partial charge in [-0.2, -0.15) is 0 Å². The normalized spacial score (nSPS) is 13.3. The van der Waals surface area contributed by atoms with Crippen LogP contribution in [0.15, 0.2) is 211 Å². The van der Waals surface area contributed by atoms with Crippen molar-refractivity contribution in [3.8, 4) is 16.8 Å². The van der Waals surface area contributed by atoms with E-state index >= 15 is 0 Å². The predicted octanol–water partition coefficient (Wildman–Crippen LogP) is 17.1. The van der Waals surface area contributed by atoms with E-state index in [2.05, 4.69) is 224 Å². The maximum Gasteiger partial charge on any atom is 0.135 e. The molecule has 13 aromatic rings. The number of aromatic nitrogens is 1. The number of rotatable bonds is 4. The van der Waals surface area contributed by atoms with Gasteiger partial charge in [0.15, 0.2) is 0 Å². The molecule has 14 rings (SSSR count). The Hall–Kier alpha value is -8.14. The zero-order chi connectivity index (χ0) is 42.3. The van der Waals surface area contributed by atoms with Gasteiger partial charge in [0, 0.05) is 55.1 Å². The number of hydrogen-bond acceptors (Lipinski definition) is 2. The largest absolute Gasteiger partial charge is 0.456 e. The first-order valence-corrected chi connectivity index (χ1v) is 22.3.